The summed E-state index contributed by atoms with van der Waals surface area (Å²) in [5, 5.41) is 13.1. The first-order valence-electron chi connectivity index (χ1n) is 5.63. The fourth-order valence-corrected chi connectivity index (χ4v) is 2.03. The van der Waals surface area contributed by atoms with Gasteiger partial charge in [-0.3, -0.25) is 24.1 Å². The number of amides is 4. The third-order valence-electron chi connectivity index (χ3n) is 2.23. The normalized spacial score (nSPS) is 16.4. The smallest absolute Gasteiger partial charge is 0.309 e. The molecule has 9 heteroatoms. The fourth-order valence-electron chi connectivity index (χ4n) is 1.28. The quantitative estimate of drug-likeness (QED) is 0.519. The van der Waals surface area contributed by atoms with Crippen LogP contribution in [0.15, 0.2) is 0 Å². The van der Waals surface area contributed by atoms with E-state index in [9.17, 15) is 19.2 Å². The van der Waals surface area contributed by atoms with Gasteiger partial charge in [0.1, 0.15) is 0 Å². The van der Waals surface area contributed by atoms with Crippen LogP contribution in [0.4, 0.5) is 4.79 Å². The number of nitrogens with zero attached hydrogens (tertiary/aromatic N) is 1. The number of rotatable bonds is 5. The topological polar surface area (TPSA) is 116 Å². The van der Waals surface area contributed by atoms with Crippen molar-refractivity contribution in [3.8, 4) is 0 Å². The Hall–Kier alpha value is -1.61. The monoisotopic (exact) mass is 289 g/mol. The van der Waals surface area contributed by atoms with E-state index >= 15 is 0 Å². The molecule has 0 saturated carbocycles. The van der Waals surface area contributed by atoms with Crippen molar-refractivity contribution < 1.29 is 24.3 Å². The third kappa shape index (κ3) is 4.87. The Labute approximate surface area is 113 Å². The van der Waals surface area contributed by atoms with Gasteiger partial charge in [0.05, 0.1) is 11.9 Å². The number of carbonyl (C=O) groups is 4. The van der Waals surface area contributed by atoms with Gasteiger partial charge in [0.15, 0.2) is 0 Å². The maximum atomic E-state index is 11.3. The number of aliphatic hydroxyl groups excluding tert-OH is 1. The molecule has 1 fully saturated rings. The molecule has 1 atom stereocenters. The van der Waals surface area contributed by atoms with Crippen molar-refractivity contribution in [1.82, 2.24) is 15.5 Å². The lowest BCUT2D eigenvalue weighted by molar-refractivity contribution is -0.139. The molecule has 19 heavy (non-hydrogen) atoms. The third-order valence-corrected chi connectivity index (χ3v) is 3.08. The van der Waals surface area contributed by atoms with Gasteiger partial charge >= 0.3 is 11.8 Å². The average molecular weight is 289 g/mol. The lowest BCUT2D eigenvalue weighted by atomic mass is 10.4. The fraction of sp³-hybridized carbons (Fsp3) is 0.600. The number of hydrogen-bond donors (Lipinski definition) is 3. The molecule has 1 unspecified atom stereocenters. The molecule has 1 rings (SSSR count). The van der Waals surface area contributed by atoms with E-state index < -0.39 is 17.9 Å². The summed E-state index contributed by atoms with van der Waals surface area (Å²) in [5.41, 5.74) is 0. The highest BCUT2D eigenvalue weighted by Crippen LogP contribution is 2.17. The van der Waals surface area contributed by atoms with Crippen LogP contribution in [0.5, 0.6) is 0 Å². The van der Waals surface area contributed by atoms with Crippen LogP contribution < -0.4 is 10.6 Å². The highest BCUT2D eigenvalue weighted by atomic mass is 32.2. The zero-order chi connectivity index (χ0) is 14.4. The molecular weight excluding hydrogens is 274 g/mol. The van der Waals surface area contributed by atoms with Gasteiger partial charge < -0.3 is 15.7 Å². The minimum Gasteiger partial charge on any atom is -0.392 e. The first-order valence-corrected chi connectivity index (χ1v) is 6.61. The number of imide groups is 1. The Morgan fingerprint density at radius 2 is 2.00 bits per heavy atom. The Morgan fingerprint density at radius 1 is 1.37 bits per heavy atom. The summed E-state index contributed by atoms with van der Waals surface area (Å²) >= 11 is 0.908. The number of thioether (sulfide) groups is 1. The van der Waals surface area contributed by atoms with Crippen LogP contribution in [-0.2, 0) is 14.4 Å². The molecule has 0 aromatic rings. The second-order valence-corrected chi connectivity index (χ2v) is 4.84. The van der Waals surface area contributed by atoms with E-state index in [2.05, 4.69) is 10.6 Å². The van der Waals surface area contributed by atoms with Crippen molar-refractivity contribution in [2.24, 2.45) is 0 Å². The van der Waals surface area contributed by atoms with E-state index in [1.165, 1.54) is 6.92 Å². The van der Waals surface area contributed by atoms with Gasteiger partial charge in [0.25, 0.3) is 5.24 Å². The van der Waals surface area contributed by atoms with Crippen molar-refractivity contribution in [3.63, 3.8) is 0 Å². The van der Waals surface area contributed by atoms with Crippen LogP contribution in [0.2, 0.25) is 0 Å². The molecule has 4 amide bonds. The number of nitrogens with one attached hydrogen (secondary N) is 2. The summed E-state index contributed by atoms with van der Waals surface area (Å²) < 4.78 is 0. The summed E-state index contributed by atoms with van der Waals surface area (Å²) in [6, 6.07) is 0. The van der Waals surface area contributed by atoms with Gasteiger partial charge in [0, 0.05) is 19.6 Å². The summed E-state index contributed by atoms with van der Waals surface area (Å²) in [5.74, 6) is -1.92. The molecule has 0 bridgehead atoms. The highest BCUT2D eigenvalue weighted by Gasteiger charge is 2.29. The molecule has 8 nitrogen and oxygen atoms in total. The SMILES string of the molecule is CC(O)CNC(=O)C(=O)NCCN1C(=O)CSC1=O. The second kappa shape index (κ2) is 7.10. The van der Waals surface area contributed by atoms with Crippen LogP contribution in [0.25, 0.3) is 0 Å². The van der Waals surface area contributed by atoms with E-state index in [-0.39, 0.29) is 36.5 Å². The molecular formula is C10H15N3O5S. The Kier molecular flexibility index (Phi) is 5.77. The Bertz CT molecular complexity index is 383. The molecule has 3 N–H and O–H groups in total. The number of aliphatic hydroxyl groups is 1. The van der Waals surface area contributed by atoms with Crippen molar-refractivity contribution in [3.05, 3.63) is 0 Å². The van der Waals surface area contributed by atoms with Gasteiger partial charge in [-0.1, -0.05) is 11.8 Å². The standard InChI is InChI=1S/C10H15N3O5S/c1-6(14)4-12-9(17)8(16)11-2-3-13-7(15)5-19-10(13)18/h6,14H,2-5H2,1H3,(H,11,16)(H,12,17). The molecule has 0 radical (unpaired) electrons. The molecule has 1 saturated heterocycles. The maximum Gasteiger partial charge on any atom is 0.309 e. The summed E-state index contributed by atoms with van der Waals surface area (Å²) in [4.78, 5) is 46.0. The van der Waals surface area contributed by atoms with Crippen molar-refractivity contribution >= 4 is 34.7 Å². The lowest BCUT2D eigenvalue weighted by Crippen LogP contribution is -2.45. The number of hydrogen-bond acceptors (Lipinski definition) is 6. The van der Waals surface area contributed by atoms with Gasteiger partial charge in [-0.15, -0.1) is 0 Å². The molecule has 0 aromatic heterocycles. The predicted molar refractivity (Wildman–Crippen MR) is 67.3 cm³/mol. The van der Waals surface area contributed by atoms with Gasteiger partial charge in [-0.05, 0) is 6.92 Å². The molecule has 0 aromatic carbocycles. The van der Waals surface area contributed by atoms with E-state index in [1.54, 1.807) is 0 Å². The Morgan fingerprint density at radius 3 is 2.53 bits per heavy atom. The van der Waals surface area contributed by atoms with E-state index in [0.717, 1.165) is 16.7 Å². The Balaban J connectivity index is 2.25. The largest absolute Gasteiger partial charge is 0.392 e. The minimum absolute atomic E-state index is 0.0129. The first kappa shape index (κ1) is 15.4. The van der Waals surface area contributed by atoms with Gasteiger partial charge in [-0.2, -0.15) is 0 Å². The maximum absolute atomic E-state index is 11.3. The van der Waals surface area contributed by atoms with Crippen molar-refractivity contribution in [1.29, 1.82) is 0 Å². The molecule has 0 aliphatic carbocycles. The zero-order valence-electron chi connectivity index (χ0n) is 10.3. The van der Waals surface area contributed by atoms with Crippen LogP contribution >= 0.6 is 11.8 Å². The van der Waals surface area contributed by atoms with Crippen molar-refractivity contribution in [2.75, 3.05) is 25.4 Å². The average Bonchev–Trinajstić information content (AvgIpc) is 2.67. The minimum atomic E-state index is -0.868. The van der Waals surface area contributed by atoms with E-state index in [1.807, 2.05) is 0 Å². The zero-order valence-corrected chi connectivity index (χ0v) is 11.2. The second-order valence-electron chi connectivity index (χ2n) is 3.91. The van der Waals surface area contributed by atoms with Crippen LogP contribution in [-0.4, -0.2) is 64.5 Å². The van der Waals surface area contributed by atoms with E-state index in [0.29, 0.717) is 0 Å². The highest BCUT2D eigenvalue weighted by molar-refractivity contribution is 8.14. The summed E-state index contributed by atoms with van der Waals surface area (Å²) in [6.07, 6.45) is -0.742. The van der Waals surface area contributed by atoms with Gasteiger partial charge in [0.2, 0.25) is 5.91 Å². The van der Waals surface area contributed by atoms with E-state index in [4.69, 9.17) is 5.11 Å². The lowest BCUT2D eigenvalue weighted by Gasteiger charge is -2.13. The van der Waals surface area contributed by atoms with Crippen LogP contribution in [0, 0.1) is 0 Å². The van der Waals surface area contributed by atoms with Crippen LogP contribution in [0.1, 0.15) is 6.92 Å². The summed E-state index contributed by atoms with van der Waals surface area (Å²) in [7, 11) is 0. The van der Waals surface area contributed by atoms with Crippen LogP contribution in [0.3, 0.4) is 0 Å². The first-order chi connectivity index (χ1) is 8.91. The molecule has 0 spiro atoms. The number of carbonyl (C=O) groups excluding carboxylic acids is 4. The molecule has 106 valence electrons. The van der Waals surface area contributed by atoms with Gasteiger partial charge in [-0.25, -0.2) is 0 Å². The molecule has 1 aliphatic heterocycles. The van der Waals surface area contributed by atoms with Crippen molar-refractivity contribution in [2.45, 2.75) is 13.0 Å². The summed E-state index contributed by atoms with van der Waals surface area (Å²) in [6.45, 7) is 1.51. The molecule has 1 heterocycles. The molecule has 1 aliphatic rings. The predicted octanol–water partition coefficient (Wildman–Crippen LogP) is -1.70.